The smallest absolute Gasteiger partial charge is 0.221 e. The molecule has 0 bridgehead atoms. The van der Waals surface area contributed by atoms with Gasteiger partial charge in [0.1, 0.15) is 5.82 Å². The zero-order valence-corrected chi connectivity index (χ0v) is 13.8. The number of aromatic carboxylic acids is 1. The minimum absolute atomic E-state index is 0.0364. The number of aryl methyl sites for hydroxylation is 1. The molecule has 1 amide bonds. The van der Waals surface area contributed by atoms with Gasteiger partial charge in [-0.2, -0.15) is 5.10 Å². The van der Waals surface area contributed by atoms with E-state index in [1.54, 1.807) is 4.68 Å². The molecule has 4 rings (SSSR count). The first kappa shape index (κ1) is 15.6. The standard InChI is InChI=1S/C17H19N5O3/c1-9-10(5-22-6-11(4-19-22)17(24)25)2-3-14(20-9)21-7-12-13(8-21)15(12)16(18)23/h2-4,6,12-13,15H,5,7-8H2,1H3,(H2,18,23)(H,24,25)/p-1/t12-,13+,15?. The Morgan fingerprint density at radius 1 is 1.32 bits per heavy atom. The molecule has 25 heavy (non-hydrogen) atoms. The van der Waals surface area contributed by atoms with Crippen LogP contribution in [0.4, 0.5) is 5.82 Å². The highest BCUT2D eigenvalue weighted by molar-refractivity contribution is 5.84. The van der Waals surface area contributed by atoms with Crippen molar-refractivity contribution in [2.75, 3.05) is 18.0 Å². The van der Waals surface area contributed by atoms with Crippen LogP contribution in [0, 0.1) is 24.7 Å². The number of amides is 1. The quantitative estimate of drug-likeness (QED) is 0.759. The fourth-order valence-electron chi connectivity index (χ4n) is 3.79. The molecular formula is C17H18N5O3-. The van der Waals surface area contributed by atoms with Gasteiger partial charge < -0.3 is 20.5 Å². The van der Waals surface area contributed by atoms with Crippen molar-refractivity contribution in [1.82, 2.24) is 14.8 Å². The number of nitrogens with two attached hydrogens (primary N) is 1. The molecule has 1 saturated carbocycles. The minimum atomic E-state index is -1.24. The van der Waals surface area contributed by atoms with Crippen molar-refractivity contribution < 1.29 is 14.7 Å². The van der Waals surface area contributed by atoms with E-state index in [4.69, 9.17) is 5.73 Å². The second-order valence-electron chi connectivity index (χ2n) is 6.79. The van der Waals surface area contributed by atoms with Crippen LogP contribution < -0.4 is 15.7 Å². The zero-order chi connectivity index (χ0) is 17.7. The largest absolute Gasteiger partial charge is 0.545 e. The predicted molar refractivity (Wildman–Crippen MR) is 86.5 cm³/mol. The number of hydrogen-bond acceptors (Lipinski definition) is 6. The van der Waals surface area contributed by atoms with Crippen molar-refractivity contribution in [2.24, 2.45) is 23.5 Å². The maximum Gasteiger partial charge on any atom is 0.221 e. The average molecular weight is 340 g/mol. The molecule has 2 aliphatic rings. The number of carboxylic acid groups (broad SMARTS) is 1. The summed E-state index contributed by atoms with van der Waals surface area (Å²) >= 11 is 0. The van der Waals surface area contributed by atoms with Gasteiger partial charge in [-0.05, 0) is 30.4 Å². The van der Waals surface area contributed by atoms with Gasteiger partial charge in [0.15, 0.2) is 0 Å². The topological polar surface area (TPSA) is 117 Å². The van der Waals surface area contributed by atoms with Crippen LogP contribution >= 0.6 is 0 Å². The summed E-state index contributed by atoms with van der Waals surface area (Å²) in [4.78, 5) is 28.9. The van der Waals surface area contributed by atoms with Crippen molar-refractivity contribution >= 4 is 17.7 Å². The molecule has 3 heterocycles. The minimum Gasteiger partial charge on any atom is -0.545 e. The number of primary amides is 1. The van der Waals surface area contributed by atoms with Gasteiger partial charge in [0.25, 0.3) is 0 Å². The lowest BCUT2D eigenvalue weighted by molar-refractivity contribution is -0.255. The third-order valence-electron chi connectivity index (χ3n) is 5.23. The number of anilines is 1. The van der Waals surface area contributed by atoms with Crippen LogP contribution in [0.25, 0.3) is 0 Å². The molecule has 1 aliphatic carbocycles. The molecule has 2 aromatic rings. The molecule has 2 fully saturated rings. The first-order valence-corrected chi connectivity index (χ1v) is 8.18. The maximum absolute atomic E-state index is 11.3. The van der Waals surface area contributed by atoms with Gasteiger partial charge in [-0.3, -0.25) is 9.48 Å². The highest BCUT2D eigenvalue weighted by atomic mass is 16.4. The monoisotopic (exact) mass is 340 g/mol. The van der Waals surface area contributed by atoms with E-state index in [1.165, 1.54) is 12.4 Å². The SMILES string of the molecule is Cc1nc(N2C[C@@H]3C(C(N)=O)[C@@H]3C2)ccc1Cn1cc(C(=O)[O-])cn1. The summed E-state index contributed by atoms with van der Waals surface area (Å²) in [7, 11) is 0. The maximum atomic E-state index is 11.3. The van der Waals surface area contributed by atoms with E-state index in [0.717, 1.165) is 30.2 Å². The Hall–Kier alpha value is -2.90. The molecule has 2 aromatic heterocycles. The van der Waals surface area contributed by atoms with E-state index in [2.05, 4.69) is 15.0 Å². The second kappa shape index (κ2) is 5.58. The lowest BCUT2D eigenvalue weighted by Crippen LogP contribution is -2.29. The summed E-state index contributed by atoms with van der Waals surface area (Å²) in [6.07, 6.45) is 2.72. The number of carbonyl (C=O) groups is 2. The van der Waals surface area contributed by atoms with Crippen molar-refractivity contribution in [3.8, 4) is 0 Å². The molecule has 3 atom stereocenters. The lowest BCUT2D eigenvalue weighted by Gasteiger charge is -2.21. The fraction of sp³-hybridized carbons (Fsp3) is 0.412. The Bertz CT molecular complexity index is 850. The van der Waals surface area contributed by atoms with Gasteiger partial charge in [-0.25, -0.2) is 4.98 Å². The second-order valence-corrected chi connectivity index (χ2v) is 6.79. The summed E-state index contributed by atoms with van der Waals surface area (Å²) in [6, 6.07) is 3.93. The molecule has 1 saturated heterocycles. The first-order chi connectivity index (χ1) is 11.9. The number of fused-ring (bicyclic) bond motifs is 1. The van der Waals surface area contributed by atoms with E-state index in [-0.39, 0.29) is 17.4 Å². The molecule has 0 spiro atoms. The third kappa shape index (κ3) is 2.73. The number of aromatic nitrogens is 3. The summed E-state index contributed by atoms with van der Waals surface area (Å²) in [5.74, 6) is 0.238. The molecule has 2 N–H and O–H groups in total. The Labute approximate surface area is 144 Å². The van der Waals surface area contributed by atoms with Crippen molar-refractivity contribution in [1.29, 1.82) is 0 Å². The number of rotatable bonds is 5. The summed E-state index contributed by atoms with van der Waals surface area (Å²) in [6.45, 7) is 4.00. The van der Waals surface area contributed by atoms with Gasteiger partial charge in [-0.15, -0.1) is 0 Å². The van der Waals surface area contributed by atoms with Gasteiger partial charge >= 0.3 is 0 Å². The number of pyridine rings is 1. The number of nitrogens with zero attached hydrogens (tertiary/aromatic N) is 4. The van der Waals surface area contributed by atoms with E-state index >= 15 is 0 Å². The summed E-state index contributed by atoms with van der Waals surface area (Å²) in [5, 5.41) is 14.8. The summed E-state index contributed by atoms with van der Waals surface area (Å²) < 4.78 is 1.55. The van der Waals surface area contributed by atoms with E-state index < -0.39 is 5.97 Å². The van der Waals surface area contributed by atoms with Crippen LogP contribution in [-0.4, -0.2) is 39.7 Å². The highest BCUT2D eigenvalue weighted by Gasteiger charge is 2.58. The first-order valence-electron chi connectivity index (χ1n) is 8.18. The fourth-order valence-corrected chi connectivity index (χ4v) is 3.79. The normalized spacial score (nSPS) is 24.2. The number of carboxylic acids is 1. The Morgan fingerprint density at radius 3 is 2.60 bits per heavy atom. The van der Waals surface area contributed by atoms with Crippen molar-refractivity contribution in [2.45, 2.75) is 13.5 Å². The molecule has 0 aromatic carbocycles. The van der Waals surface area contributed by atoms with Gasteiger partial charge in [-0.1, -0.05) is 6.07 Å². The van der Waals surface area contributed by atoms with Gasteiger partial charge in [0, 0.05) is 36.5 Å². The molecule has 130 valence electrons. The highest BCUT2D eigenvalue weighted by Crippen LogP contribution is 2.52. The number of piperidine rings is 1. The van der Waals surface area contributed by atoms with Gasteiger partial charge in [0.2, 0.25) is 5.91 Å². The van der Waals surface area contributed by atoms with E-state index in [1.807, 2.05) is 19.1 Å². The van der Waals surface area contributed by atoms with Crippen LogP contribution in [0.15, 0.2) is 24.5 Å². The van der Waals surface area contributed by atoms with Gasteiger partial charge in [0.05, 0.1) is 18.7 Å². The summed E-state index contributed by atoms with van der Waals surface area (Å²) in [5.41, 5.74) is 7.28. The number of carbonyl (C=O) groups excluding carboxylic acids is 2. The molecule has 8 heteroatoms. The number of hydrogen-bond donors (Lipinski definition) is 1. The van der Waals surface area contributed by atoms with Crippen LogP contribution in [0.3, 0.4) is 0 Å². The van der Waals surface area contributed by atoms with Crippen molar-refractivity contribution in [3.63, 3.8) is 0 Å². The predicted octanol–water partition coefficient (Wildman–Crippen LogP) is -0.834. The molecular weight excluding hydrogens is 322 g/mol. The molecule has 0 radical (unpaired) electrons. The third-order valence-corrected chi connectivity index (χ3v) is 5.23. The van der Waals surface area contributed by atoms with Crippen LogP contribution in [-0.2, 0) is 11.3 Å². The van der Waals surface area contributed by atoms with E-state index in [9.17, 15) is 14.7 Å². The Balaban J connectivity index is 1.45. The molecule has 8 nitrogen and oxygen atoms in total. The van der Waals surface area contributed by atoms with Crippen LogP contribution in [0.5, 0.6) is 0 Å². The Kier molecular flexibility index (Phi) is 3.48. The van der Waals surface area contributed by atoms with Crippen LogP contribution in [0.2, 0.25) is 0 Å². The Morgan fingerprint density at radius 2 is 2.04 bits per heavy atom. The van der Waals surface area contributed by atoms with Crippen LogP contribution in [0.1, 0.15) is 21.6 Å². The van der Waals surface area contributed by atoms with Crippen molar-refractivity contribution in [3.05, 3.63) is 41.3 Å². The lowest BCUT2D eigenvalue weighted by atomic mass is 10.2. The zero-order valence-electron chi connectivity index (χ0n) is 13.8. The molecule has 1 aliphatic heterocycles. The average Bonchev–Trinajstić information content (AvgIpc) is 2.91. The van der Waals surface area contributed by atoms with E-state index in [0.29, 0.717) is 18.4 Å². The molecule has 1 unspecified atom stereocenters.